The fraction of sp³-hybridized carbons (Fsp3) is 0.875. The van der Waals surface area contributed by atoms with Crippen LogP contribution in [0, 0.1) is 11.8 Å². The van der Waals surface area contributed by atoms with E-state index < -0.39 is 0 Å². The van der Waals surface area contributed by atoms with Gasteiger partial charge in [-0.05, 0) is 18.8 Å². The molecular formula is C8H14N2. The fourth-order valence-corrected chi connectivity index (χ4v) is 1.50. The summed E-state index contributed by atoms with van der Waals surface area (Å²) in [7, 11) is 0. The summed E-state index contributed by atoms with van der Waals surface area (Å²) in [6.07, 6.45) is 2.57. The van der Waals surface area contributed by atoms with E-state index in [2.05, 4.69) is 17.2 Å². The lowest BCUT2D eigenvalue weighted by atomic mass is 10.2. The molecule has 56 valence electrons. The van der Waals surface area contributed by atoms with Gasteiger partial charge in [-0.15, -0.1) is 0 Å². The highest BCUT2D eigenvalue weighted by atomic mass is 15.0. The number of nitrogens with one attached hydrogen (secondary N) is 1. The molecule has 2 aliphatic rings. The van der Waals surface area contributed by atoms with Crippen molar-refractivity contribution in [3.63, 3.8) is 0 Å². The van der Waals surface area contributed by atoms with Crippen LogP contribution in [0.2, 0.25) is 0 Å². The molecule has 2 heteroatoms. The van der Waals surface area contributed by atoms with E-state index in [1.165, 1.54) is 18.7 Å². The van der Waals surface area contributed by atoms with Gasteiger partial charge in [-0.3, -0.25) is 4.99 Å². The van der Waals surface area contributed by atoms with Crippen molar-refractivity contribution in [2.75, 3.05) is 13.1 Å². The average Bonchev–Trinajstić information content (AvgIpc) is 2.69. The van der Waals surface area contributed by atoms with Crippen molar-refractivity contribution in [2.24, 2.45) is 16.8 Å². The Labute approximate surface area is 61.7 Å². The molecule has 1 saturated carbocycles. The molecule has 0 aromatic heterocycles. The van der Waals surface area contributed by atoms with Gasteiger partial charge in [0.25, 0.3) is 0 Å². The lowest BCUT2D eigenvalue weighted by Crippen LogP contribution is -2.31. The molecule has 1 aliphatic carbocycles. The summed E-state index contributed by atoms with van der Waals surface area (Å²) in [5.74, 6) is 2.98. The van der Waals surface area contributed by atoms with E-state index in [4.69, 9.17) is 0 Å². The normalized spacial score (nSPS) is 38.3. The lowest BCUT2D eigenvalue weighted by Gasteiger charge is -2.13. The Morgan fingerprint density at radius 2 is 2.40 bits per heavy atom. The number of nitrogens with zero attached hydrogens (tertiary/aromatic N) is 1. The van der Waals surface area contributed by atoms with Crippen molar-refractivity contribution in [1.29, 1.82) is 0 Å². The molecule has 2 rings (SSSR count). The zero-order valence-electron chi connectivity index (χ0n) is 6.43. The van der Waals surface area contributed by atoms with Crippen LogP contribution in [0.4, 0.5) is 0 Å². The van der Waals surface area contributed by atoms with E-state index in [1.807, 2.05) is 0 Å². The topological polar surface area (TPSA) is 24.4 Å². The summed E-state index contributed by atoms with van der Waals surface area (Å²) in [6, 6.07) is 0. The summed E-state index contributed by atoms with van der Waals surface area (Å²) < 4.78 is 0. The highest BCUT2D eigenvalue weighted by Crippen LogP contribution is 2.38. The SMILES string of the molecule is CC1CC1C1=NCCCN1. The molecule has 0 radical (unpaired) electrons. The number of amidine groups is 1. The summed E-state index contributed by atoms with van der Waals surface area (Å²) in [4.78, 5) is 4.45. The van der Waals surface area contributed by atoms with E-state index in [-0.39, 0.29) is 0 Å². The summed E-state index contributed by atoms with van der Waals surface area (Å²) in [5, 5.41) is 3.36. The van der Waals surface area contributed by atoms with Crippen LogP contribution >= 0.6 is 0 Å². The van der Waals surface area contributed by atoms with Crippen molar-refractivity contribution in [1.82, 2.24) is 5.32 Å². The quantitative estimate of drug-likeness (QED) is 0.575. The van der Waals surface area contributed by atoms with Gasteiger partial charge in [0, 0.05) is 19.0 Å². The van der Waals surface area contributed by atoms with Crippen LogP contribution in [0.5, 0.6) is 0 Å². The second-order valence-corrected chi connectivity index (χ2v) is 3.37. The minimum Gasteiger partial charge on any atom is -0.374 e. The summed E-state index contributed by atoms with van der Waals surface area (Å²) >= 11 is 0. The standard InChI is InChI=1S/C8H14N2/c1-6-5-7(6)8-9-3-2-4-10-8/h6-7H,2-5H2,1H3,(H,9,10). The molecule has 0 bridgehead atoms. The van der Waals surface area contributed by atoms with E-state index >= 15 is 0 Å². The molecule has 2 unspecified atom stereocenters. The highest BCUT2D eigenvalue weighted by Gasteiger charge is 2.37. The largest absolute Gasteiger partial charge is 0.374 e. The van der Waals surface area contributed by atoms with Gasteiger partial charge in [0.2, 0.25) is 0 Å². The first-order valence-electron chi connectivity index (χ1n) is 4.16. The Balaban J connectivity index is 1.97. The lowest BCUT2D eigenvalue weighted by molar-refractivity contribution is 0.712. The maximum absolute atomic E-state index is 4.45. The predicted molar refractivity (Wildman–Crippen MR) is 42.2 cm³/mol. The van der Waals surface area contributed by atoms with Gasteiger partial charge in [0.15, 0.2) is 0 Å². The third kappa shape index (κ3) is 1.02. The molecular weight excluding hydrogens is 124 g/mol. The molecule has 0 amide bonds. The first-order chi connectivity index (χ1) is 4.88. The number of hydrogen-bond donors (Lipinski definition) is 1. The molecule has 0 saturated heterocycles. The van der Waals surface area contributed by atoms with Gasteiger partial charge in [-0.25, -0.2) is 0 Å². The zero-order valence-corrected chi connectivity index (χ0v) is 6.43. The maximum Gasteiger partial charge on any atom is 0.0997 e. The average molecular weight is 138 g/mol. The molecule has 0 aromatic carbocycles. The molecule has 1 aliphatic heterocycles. The van der Waals surface area contributed by atoms with Gasteiger partial charge in [-0.1, -0.05) is 6.92 Å². The molecule has 1 N–H and O–H groups in total. The van der Waals surface area contributed by atoms with Crippen molar-refractivity contribution in [3.8, 4) is 0 Å². The molecule has 2 atom stereocenters. The molecule has 0 aromatic rings. The third-order valence-electron chi connectivity index (χ3n) is 2.38. The molecule has 0 spiro atoms. The van der Waals surface area contributed by atoms with Gasteiger partial charge in [0.05, 0.1) is 5.84 Å². The highest BCUT2D eigenvalue weighted by molar-refractivity contribution is 5.87. The Hall–Kier alpha value is -0.530. The van der Waals surface area contributed by atoms with Crippen LogP contribution in [-0.4, -0.2) is 18.9 Å². The van der Waals surface area contributed by atoms with Crippen LogP contribution < -0.4 is 5.32 Å². The van der Waals surface area contributed by atoms with E-state index in [1.54, 1.807) is 0 Å². The second kappa shape index (κ2) is 2.26. The van der Waals surface area contributed by atoms with Crippen molar-refractivity contribution < 1.29 is 0 Å². The van der Waals surface area contributed by atoms with Crippen LogP contribution in [0.15, 0.2) is 4.99 Å². The molecule has 2 nitrogen and oxygen atoms in total. The van der Waals surface area contributed by atoms with Crippen LogP contribution in [0.25, 0.3) is 0 Å². The predicted octanol–water partition coefficient (Wildman–Crippen LogP) is 1.03. The van der Waals surface area contributed by atoms with Gasteiger partial charge < -0.3 is 5.32 Å². The molecule has 1 fully saturated rings. The third-order valence-corrected chi connectivity index (χ3v) is 2.38. The Morgan fingerprint density at radius 3 is 2.90 bits per heavy atom. The molecule has 10 heavy (non-hydrogen) atoms. The summed E-state index contributed by atoms with van der Waals surface area (Å²) in [5.41, 5.74) is 0. The van der Waals surface area contributed by atoms with Crippen molar-refractivity contribution in [3.05, 3.63) is 0 Å². The first kappa shape index (κ1) is 6.20. The van der Waals surface area contributed by atoms with E-state index in [0.29, 0.717) is 0 Å². The van der Waals surface area contributed by atoms with Gasteiger partial charge in [-0.2, -0.15) is 0 Å². The molecule has 1 heterocycles. The van der Waals surface area contributed by atoms with E-state index in [9.17, 15) is 0 Å². The number of hydrogen-bond acceptors (Lipinski definition) is 2. The van der Waals surface area contributed by atoms with Crippen molar-refractivity contribution in [2.45, 2.75) is 19.8 Å². The fourth-order valence-electron chi connectivity index (χ4n) is 1.50. The van der Waals surface area contributed by atoms with E-state index in [0.717, 1.165) is 24.9 Å². The Morgan fingerprint density at radius 1 is 1.60 bits per heavy atom. The Kier molecular flexibility index (Phi) is 1.40. The maximum atomic E-state index is 4.45. The number of aliphatic imine (C=N–C) groups is 1. The van der Waals surface area contributed by atoms with Crippen LogP contribution in [-0.2, 0) is 0 Å². The van der Waals surface area contributed by atoms with Crippen LogP contribution in [0.3, 0.4) is 0 Å². The Bertz CT molecular complexity index is 163. The second-order valence-electron chi connectivity index (χ2n) is 3.37. The minimum atomic E-state index is 0.792. The summed E-state index contributed by atoms with van der Waals surface area (Å²) in [6.45, 7) is 4.48. The van der Waals surface area contributed by atoms with Gasteiger partial charge >= 0.3 is 0 Å². The smallest absolute Gasteiger partial charge is 0.0997 e. The zero-order chi connectivity index (χ0) is 6.97. The van der Waals surface area contributed by atoms with Crippen molar-refractivity contribution >= 4 is 5.84 Å². The van der Waals surface area contributed by atoms with Crippen LogP contribution in [0.1, 0.15) is 19.8 Å². The minimum absolute atomic E-state index is 0.792. The van der Waals surface area contributed by atoms with Gasteiger partial charge in [0.1, 0.15) is 0 Å². The first-order valence-corrected chi connectivity index (χ1v) is 4.16. The monoisotopic (exact) mass is 138 g/mol. The number of rotatable bonds is 1.